The van der Waals surface area contributed by atoms with E-state index < -0.39 is 35.7 Å². The zero-order valence-electron chi connectivity index (χ0n) is 15.0. The van der Waals surface area contributed by atoms with E-state index in [0.29, 0.717) is 5.75 Å². The zero-order chi connectivity index (χ0) is 21.7. The molecule has 0 saturated carbocycles. The van der Waals surface area contributed by atoms with E-state index in [0.717, 1.165) is 0 Å². The molecular formula is C19H14ClF3N2O5. The second-order valence-corrected chi connectivity index (χ2v) is 7.24. The van der Waals surface area contributed by atoms with Crippen molar-refractivity contribution in [1.29, 1.82) is 0 Å². The van der Waals surface area contributed by atoms with E-state index in [1.807, 2.05) is 0 Å². The first-order valence-corrected chi connectivity index (χ1v) is 9.05. The topological polar surface area (TPSA) is 96.9 Å². The molecule has 2 heterocycles. The van der Waals surface area contributed by atoms with Crippen LogP contribution in [0.4, 0.5) is 18.0 Å². The SMILES string of the molecule is O=C1NC(c2ccc3c(c2)OCO3)C(C(=O)C(F)(F)F)C(O)(c2ccc(Cl)cc2)N1. The number of alkyl halides is 3. The van der Waals surface area contributed by atoms with Crippen LogP contribution in [-0.2, 0) is 10.5 Å². The van der Waals surface area contributed by atoms with Gasteiger partial charge in [0.05, 0.1) is 6.04 Å². The summed E-state index contributed by atoms with van der Waals surface area (Å²) in [4.78, 5) is 24.7. The van der Waals surface area contributed by atoms with Gasteiger partial charge >= 0.3 is 12.2 Å². The lowest BCUT2D eigenvalue weighted by atomic mass is 9.76. The molecule has 1 fully saturated rings. The van der Waals surface area contributed by atoms with E-state index in [-0.39, 0.29) is 28.7 Å². The van der Waals surface area contributed by atoms with Gasteiger partial charge in [0.25, 0.3) is 0 Å². The Morgan fingerprint density at radius 2 is 1.80 bits per heavy atom. The molecule has 2 aliphatic heterocycles. The van der Waals surface area contributed by atoms with Crippen LogP contribution in [-0.4, -0.2) is 29.9 Å². The smallest absolute Gasteiger partial charge is 0.450 e. The van der Waals surface area contributed by atoms with Gasteiger partial charge in [-0.1, -0.05) is 29.8 Å². The van der Waals surface area contributed by atoms with Gasteiger partial charge in [0.1, 0.15) is 5.92 Å². The average molecular weight is 443 g/mol. The summed E-state index contributed by atoms with van der Waals surface area (Å²) in [5, 5.41) is 15.9. The molecule has 4 rings (SSSR count). The van der Waals surface area contributed by atoms with Crippen molar-refractivity contribution < 1.29 is 37.3 Å². The summed E-state index contributed by atoms with van der Waals surface area (Å²) < 4.78 is 50.9. The van der Waals surface area contributed by atoms with Gasteiger partial charge in [-0.15, -0.1) is 0 Å². The van der Waals surface area contributed by atoms with Crippen LogP contribution in [0.3, 0.4) is 0 Å². The lowest BCUT2D eigenvalue weighted by molar-refractivity contribution is -0.190. The maximum atomic E-state index is 13.5. The maximum Gasteiger partial charge on any atom is 0.450 e. The molecule has 11 heteroatoms. The monoisotopic (exact) mass is 442 g/mol. The molecule has 158 valence electrons. The molecule has 1 saturated heterocycles. The predicted octanol–water partition coefficient (Wildman–Crippen LogP) is 3.02. The van der Waals surface area contributed by atoms with Crippen molar-refractivity contribution in [1.82, 2.24) is 10.6 Å². The van der Waals surface area contributed by atoms with Crippen molar-refractivity contribution >= 4 is 23.4 Å². The number of Topliss-reactive ketones (excluding diaryl/α,β-unsaturated/α-hetero) is 1. The minimum Gasteiger partial charge on any atom is -0.454 e. The van der Waals surface area contributed by atoms with Crippen LogP contribution in [0.2, 0.25) is 5.02 Å². The molecule has 0 spiro atoms. The number of rotatable bonds is 3. The lowest BCUT2D eigenvalue weighted by Crippen LogP contribution is -2.66. The predicted molar refractivity (Wildman–Crippen MR) is 96.9 cm³/mol. The van der Waals surface area contributed by atoms with E-state index >= 15 is 0 Å². The van der Waals surface area contributed by atoms with Gasteiger partial charge in [0.15, 0.2) is 17.2 Å². The number of ether oxygens (including phenoxy) is 2. The number of aliphatic hydroxyl groups is 1. The quantitative estimate of drug-likeness (QED) is 0.679. The van der Waals surface area contributed by atoms with Crippen molar-refractivity contribution in [3.63, 3.8) is 0 Å². The molecule has 3 unspecified atom stereocenters. The van der Waals surface area contributed by atoms with Gasteiger partial charge in [-0.05, 0) is 29.8 Å². The molecule has 2 aromatic rings. The van der Waals surface area contributed by atoms with Gasteiger partial charge < -0.3 is 25.2 Å². The van der Waals surface area contributed by atoms with Crippen LogP contribution in [0.5, 0.6) is 11.5 Å². The molecular weight excluding hydrogens is 429 g/mol. The number of carbonyl (C=O) groups excluding carboxylic acids is 2. The van der Waals surface area contributed by atoms with Gasteiger partial charge in [0.2, 0.25) is 12.6 Å². The number of nitrogens with one attached hydrogen (secondary N) is 2. The van der Waals surface area contributed by atoms with Crippen LogP contribution < -0.4 is 20.1 Å². The lowest BCUT2D eigenvalue weighted by Gasteiger charge is -2.45. The van der Waals surface area contributed by atoms with Crippen LogP contribution >= 0.6 is 11.6 Å². The number of halogens is 4. The Bertz CT molecular complexity index is 1010. The summed E-state index contributed by atoms with van der Waals surface area (Å²) in [6, 6.07) is 6.86. The van der Waals surface area contributed by atoms with Gasteiger partial charge in [-0.25, -0.2) is 4.79 Å². The Labute approximate surface area is 172 Å². The number of fused-ring (bicyclic) bond motifs is 1. The number of urea groups is 1. The minimum atomic E-state index is -5.27. The fraction of sp³-hybridized carbons (Fsp3) is 0.263. The van der Waals surface area contributed by atoms with Gasteiger partial charge in [0, 0.05) is 10.6 Å². The van der Waals surface area contributed by atoms with Crippen molar-refractivity contribution in [2.75, 3.05) is 6.79 Å². The van der Waals surface area contributed by atoms with E-state index in [1.54, 1.807) is 0 Å². The number of benzene rings is 2. The molecule has 7 nitrogen and oxygen atoms in total. The van der Waals surface area contributed by atoms with Crippen molar-refractivity contribution in [2.24, 2.45) is 5.92 Å². The Balaban J connectivity index is 1.86. The largest absolute Gasteiger partial charge is 0.454 e. The Morgan fingerprint density at radius 3 is 2.47 bits per heavy atom. The standard InChI is InChI=1S/C19H14ClF3N2O5/c20-11-4-2-10(3-5-11)18(28)14(16(26)19(21,22)23)15(24-17(27)25-18)9-1-6-12-13(7-9)30-8-29-12/h1-7,14-15,28H,8H2,(H2,24,25,27). The molecule has 0 radical (unpaired) electrons. The first-order chi connectivity index (χ1) is 14.1. The first kappa shape index (κ1) is 20.3. The summed E-state index contributed by atoms with van der Waals surface area (Å²) in [6.45, 7) is -0.0724. The highest BCUT2D eigenvalue weighted by molar-refractivity contribution is 6.30. The van der Waals surface area contributed by atoms with Crippen LogP contribution in [0.15, 0.2) is 42.5 Å². The number of amides is 2. The summed E-state index contributed by atoms with van der Waals surface area (Å²) in [6.07, 6.45) is -5.27. The summed E-state index contributed by atoms with van der Waals surface area (Å²) >= 11 is 5.82. The van der Waals surface area contributed by atoms with E-state index in [9.17, 15) is 27.9 Å². The summed E-state index contributed by atoms with van der Waals surface area (Å²) in [5.74, 6) is -3.74. The molecule has 0 aromatic heterocycles. The minimum absolute atomic E-state index is 0.0724. The molecule has 3 N–H and O–H groups in total. The molecule has 3 atom stereocenters. The Kier molecular flexibility index (Phi) is 4.78. The molecule has 2 aromatic carbocycles. The van der Waals surface area contributed by atoms with Crippen LogP contribution in [0.1, 0.15) is 17.2 Å². The Morgan fingerprint density at radius 1 is 1.13 bits per heavy atom. The molecule has 30 heavy (non-hydrogen) atoms. The first-order valence-electron chi connectivity index (χ1n) is 8.67. The Hall–Kier alpha value is -2.98. The molecule has 2 aliphatic rings. The number of hydrogen-bond donors (Lipinski definition) is 3. The zero-order valence-corrected chi connectivity index (χ0v) is 15.8. The summed E-state index contributed by atoms with van der Waals surface area (Å²) in [5.41, 5.74) is -2.65. The fourth-order valence-electron chi connectivity index (χ4n) is 3.61. The average Bonchev–Trinajstić information content (AvgIpc) is 3.14. The van der Waals surface area contributed by atoms with Gasteiger partial charge in [-0.3, -0.25) is 4.79 Å². The van der Waals surface area contributed by atoms with E-state index in [2.05, 4.69) is 10.6 Å². The normalized spacial score (nSPS) is 25.4. The molecule has 0 bridgehead atoms. The van der Waals surface area contributed by atoms with Crippen LogP contribution in [0, 0.1) is 5.92 Å². The van der Waals surface area contributed by atoms with Gasteiger partial charge in [-0.2, -0.15) is 13.2 Å². The number of hydrogen-bond acceptors (Lipinski definition) is 5. The number of carbonyl (C=O) groups is 2. The number of ketones is 1. The van der Waals surface area contributed by atoms with Crippen molar-refractivity contribution in [3.05, 3.63) is 58.6 Å². The third-order valence-corrected chi connectivity index (χ3v) is 5.23. The highest BCUT2D eigenvalue weighted by atomic mass is 35.5. The van der Waals surface area contributed by atoms with E-state index in [1.165, 1.54) is 42.5 Å². The molecule has 0 aliphatic carbocycles. The summed E-state index contributed by atoms with van der Waals surface area (Å²) in [7, 11) is 0. The van der Waals surface area contributed by atoms with E-state index in [4.69, 9.17) is 21.1 Å². The second-order valence-electron chi connectivity index (χ2n) is 6.80. The highest BCUT2D eigenvalue weighted by Crippen LogP contribution is 2.45. The highest BCUT2D eigenvalue weighted by Gasteiger charge is 2.59. The second kappa shape index (κ2) is 7.06. The third kappa shape index (κ3) is 3.41. The van der Waals surface area contributed by atoms with Crippen molar-refractivity contribution in [3.8, 4) is 11.5 Å². The fourth-order valence-corrected chi connectivity index (χ4v) is 3.73. The maximum absolute atomic E-state index is 13.5. The molecule has 2 amide bonds. The van der Waals surface area contributed by atoms with Crippen LogP contribution in [0.25, 0.3) is 0 Å². The van der Waals surface area contributed by atoms with Crippen molar-refractivity contribution in [2.45, 2.75) is 17.9 Å². The third-order valence-electron chi connectivity index (χ3n) is 4.98.